The third-order valence-electron chi connectivity index (χ3n) is 5.47. The Morgan fingerprint density at radius 3 is 2.21 bits per heavy atom. The Morgan fingerprint density at radius 1 is 1.00 bits per heavy atom. The Bertz CT molecular complexity index is 856. The molecule has 0 aliphatic heterocycles. The molecule has 1 fully saturated rings. The van der Waals surface area contributed by atoms with Crippen LogP contribution in [0.3, 0.4) is 0 Å². The Morgan fingerprint density at radius 2 is 1.64 bits per heavy atom. The van der Waals surface area contributed by atoms with Gasteiger partial charge in [-0.05, 0) is 79.3 Å². The molecule has 3 heteroatoms. The zero-order valence-electron chi connectivity index (χ0n) is 16.2. The van der Waals surface area contributed by atoms with Crippen LogP contribution < -0.4 is 0 Å². The molecule has 1 aliphatic rings. The van der Waals surface area contributed by atoms with E-state index in [-0.39, 0.29) is 5.56 Å². The highest BCUT2D eigenvalue weighted by Gasteiger charge is 2.20. The second-order valence-corrected chi connectivity index (χ2v) is 7.74. The molecule has 1 aliphatic carbocycles. The van der Waals surface area contributed by atoms with Crippen LogP contribution in [-0.2, 0) is 6.42 Å². The number of hydrogen-bond acceptors (Lipinski definition) is 0. The molecule has 0 atom stereocenters. The van der Waals surface area contributed by atoms with E-state index in [0.29, 0.717) is 23.8 Å². The minimum atomic E-state index is -0.588. The van der Waals surface area contributed by atoms with Crippen LogP contribution in [0.4, 0.5) is 8.78 Å². The maximum absolute atomic E-state index is 14.2. The third-order valence-corrected chi connectivity index (χ3v) is 5.62. The van der Waals surface area contributed by atoms with Gasteiger partial charge < -0.3 is 0 Å². The summed E-state index contributed by atoms with van der Waals surface area (Å²) >= 11 is 5.68. The summed E-state index contributed by atoms with van der Waals surface area (Å²) in [6, 6.07) is 10.8. The first kappa shape index (κ1) is 20.6. The van der Waals surface area contributed by atoms with E-state index >= 15 is 0 Å². The molecule has 2 aromatic carbocycles. The summed E-state index contributed by atoms with van der Waals surface area (Å²) < 4.78 is 28.3. The second-order valence-electron chi connectivity index (χ2n) is 7.49. The van der Waals surface area contributed by atoms with Gasteiger partial charge in [0, 0.05) is 11.1 Å². The Labute approximate surface area is 171 Å². The molecule has 0 radical (unpaired) electrons. The third kappa shape index (κ3) is 5.24. The molecule has 0 saturated heterocycles. The molecule has 0 aromatic heterocycles. The van der Waals surface area contributed by atoms with Crippen LogP contribution in [0.5, 0.6) is 0 Å². The van der Waals surface area contributed by atoms with E-state index in [9.17, 15) is 8.78 Å². The van der Waals surface area contributed by atoms with Gasteiger partial charge in [-0.3, -0.25) is 0 Å². The highest BCUT2D eigenvalue weighted by atomic mass is 35.5. The number of halogens is 3. The van der Waals surface area contributed by atoms with E-state index < -0.39 is 11.6 Å². The van der Waals surface area contributed by atoms with E-state index in [1.54, 1.807) is 5.54 Å². The summed E-state index contributed by atoms with van der Waals surface area (Å²) in [5, 5.41) is 0. The number of hydrogen-bond donors (Lipinski definition) is 0. The van der Waals surface area contributed by atoms with Crippen molar-refractivity contribution in [2.45, 2.75) is 51.4 Å². The minimum absolute atomic E-state index is 0.158. The fraction of sp³-hybridized carbons (Fsp3) is 0.360. The summed E-state index contributed by atoms with van der Waals surface area (Å²) in [5.41, 5.74) is 4.21. The zero-order valence-corrected chi connectivity index (χ0v) is 16.9. The van der Waals surface area contributed by atoms with Gasteiger partial charge in [-0.25, -0.2) is 8.78 Å². The fourth-order valence-electron chi connectivity index (χ4n) is 3.90. The Balaban J connectivity index is 1.69. The molecule has 0 amide bonds. The van der Waals surface area contributed by atoms with E-state index in [0.717, 1.165) is 37.7 Å². The lowest BCUT2D eigenvalue weighted by Crippen LogP contribution is -2.11. The van der Waals surface area contributed by atoms with Gasteiger partial charge >= 0.3 is 0 Å². The summed E-state index contributed by atoms with van der Waals surface area (Å²) in [5.74, 6) is 5.53. The molecule has 0 nitrogen and oxygen atoms in total. The van der Waals surface area contributed by atoms with Crippen LogP contribution in [0.2, 0.25) is 0 Å². The Kier molecular flexibility index (Phi) is 7.29. The highest BCUT2D eigenvalue weighted by Crippen LogP contribution is 2.36. The summed E-state index contributed by atoms with van der Waals surface area (Å²) in [6.45, 7) is 1.98. The summed E-state index contributed by atoms with van der Waals surface area (Å²) in [4.78, 5) is 0. The molecule has 2 aromatic rings. The zero-order chi connectivity index (χ0) is 19.9. The van der Waals surface area contributed by atoms with Crippen LogP contribution in [0.25, 0.3) is 0 Å². The van der Waals surface area contributed by atoms with Crippen molar-refractivity contribution in [1.29, 1.82) is 0 Å². The average molecular weight is 399 g/mol. The first-order chi connectivity index (χ1) is 13.6. The highest BCUT2D eigenvalue weighted by molar-refractivity contribution is 6.25. The van der Waals surface area contributed by atoms with Crippen LogP contribution in [0, 0.1) is 29.4 Å². The van der Waals surface area contributed by atoms with Gasteiger partial charge in [-0.2, -0.15) is 0 Å². The fourth-order valence-corrected chi connectivity index (χ4v) is 4.10. The summed E-state index contributed by atoms with van der Waals surface area (Å²) in [6.07, 6.45) is 8.21. The maximum Gasteiger partial charge on any atom is 0.142 e. The van der Waals surface area contributed by atoms with Gasteiger partial charge in [0.25, 0.3) is 0 Å². The molecule has 3 rings (SSSR count). The van der Waals surface area contributed by atoms with Crippen molar-refractivity contribution in [1.82, 2.24) is 0 Å². The Hall–Kier alpha value is -2.11. The SMILES string of the molecule is CCCc1cc(F)c(C#Cc2ccc(C3CCC(/C=C/Cl)CC3)cc2)c(F)c1. The number of rotatable bonds is 4. The lowest BCUT2D eigenvalue weighted by molar-refractivity contribution is 0.376. The molecule has 0 N–H and O–H groups in total. The topological polar surface area (TPSA) is 0 Å². The molecular weight excluding hydrogens is 374 g/mol. The molecule has 146 valence electrons. The predicted octanol–water partition coefficient (Wildman–Crippen LogP) is 7.34. The number of aryl methyl sites for hydroxylation is 1. The second kappa shape index (κ2) is 9.89. The number of benzene rings is 2. The van der Waals surface area contributed by atoms with Crippen molar-refractivity contribution in [2.24, 2.45) is 5.92 Å². The summed E-state index contributed by atoms with van der Waals surface area (Å²) in [7, 11) is 0. The molecule has 0 bridgehead atoms. The first-order valence-electron chi connectivity index (χ1n) is 9.97. The van der Waals surface area contributed by atoms with Gasteiger partial charge in [0.05, 0.1) is 5.56 Å². The van der Waals surface area contributed by atoms with Gasteiger partial charge in [0.2, 0.25) is 0 Å². The normalized spacial score (nSPS) is 19.4. The average Bonchev–Trinajstić information content (AvgIpc) is 2.69. The van der Waals surface area contributed by atoms with Crippen molar-refractivity contribution in [3.05, 3.63) is 81.9 Å². The molecular formula is C25H25ClF2. The smallest absolute Gasteiger partial charge is 0.142 e. The lowest BCUT2D eigenvalue weighted by atomic mass is 9.79. The van der Waals surface area contributed by atoms with Crippen molar-refractivity contribution in [3.63, 3.8) is 0 Å². The monoisotopic (exact) mass is 398 g/mol. The minimum Gasteiger partial charge on any atom is -0.206 e. The quantitative estimate of drug-likeness (QED) is 0.472. The predicted molar refractivity (Wildman–Crippen MR) is 112 cm³/mol. The van der Waals surface area contributed by atoms with E-state index in [1.165, 1.54) is 17.7 Å². The van der Waals surface area contributed by atoms with E-state index in [1.807, 2.05) is 19.1 Å². The van der Waals surface area contributed by atoms with Crippen molar-refractivity contribution >= 4 is 11.6 Å². The van der Waals surface area contributed by atoms with Crippen LogP contribution in [0.15, 0.2) is 48.0 Å². The maximum atomic E-state index is 14.2. The molecule has 0 spiro atoms. The van der Waals surface area contributed by atoms with Crippen molar-refractivity contribution in [2.75, 3.05) is 0 Å². The molecule has 1 saturated carbocycles. The van der Waals surface area contributed by atoms with Gasteiger partial charge in [0.15, 0.2) is 0 Å². The lowest BCUT2D eigenvalue weighted by Gasteiger charge is -2.27. The van der Waals surface area contributed by atoms with Gasteiger partial charge in [0.1, 0.15) is 11.6 Å². The number of allylic oxidation sites excluding steroid dienone is 1. The molecule has 0 unspecified atom stereocenters. The molecule has 28 heavy (non-hydrogen) atoms. The van der Waals surface area contributed by atoms with E-state index in [4.69, 9.17) is 11.6 Å². The molecule has 0 heterocycles. The van der Waals surface area contributed by atoms with Crippen LogP contribution in [0.1, 0.15) is 67.2 Å². The standard InChI is InChI=1S/C25H25ClF2/c1-2-3-20-16-24(27)23(25(28)17-20)13-8-18-4-9-21(10-5-18)22-11-6-19(7-12-22)14-15-26/h4-5,9-10,14-17,19,22H,2-3,6-7,11-12H2,1H3/b15-14+. The van der Waals surface area contributed by atoms with Gasteiger partial charge in [-0.15, -0.1) is 0 Å². The van der Waals surface area contributed by atoms with Crippen LogP contribution >= 0.6 is 11.6 Å². The first-order valence-corrected chi connectivity index (χ1v) is 10.4. The largest absolute Gasteiger partial charge is 0.206 e. The van der Waals surface area contributed by atoms with Gasteiger partial charge in [-0.1, -0.05) is 55.0 Å². The van der Waals surface area contributed by atoms with Crippen molar-refractivity contribution in [3.8, 4) is 11.8 Å². The van der Waals surface area contributed by atoms with Crippen molar-refractivity contribution < 1.29 is 8.78 Å². The van der Waals surface area contributed by atoms with E-state index in [2.05, 4.69) is 30.0 Å². The van der Waals surface area contributed by atoms with Crippen LogP contribution in [-0.4, -0.2) is 0 Å².